The van der Waals surface area contributed by atoms with E-state index in [1.54, 1.807) is 12.1 Å². The van der Waals surface area contributed by atoms with Crippen molar-refractivity contribution in [2.24, 2.45) is 0 Å². The first kappa shape index (κ1) is 15.3. The van der Waals surface area contributed by atoms with Gasteiger partial charge in [0, 0.05) is 0 Å². The number of aliphatic hydroxyl groups excluding tert-OH is 1. The number of aromatic hydroxyl groups is 1. The lowest BCUT2D eigenvalue weighted by Crippen LogP contribution is -2.36. The summed E-state index contributed by atoms with van der Waals surface area (Å²) >= 11 is 2.32. The average molecular weight is 409 g/mol. The van der Waals surface area contributed by atoms with E-state index in [0.717, 1.165) is 39.1 Å². The van der Waals surface area contributed by atoms with Crippen molar-refractivity contribution in [3.63, 3.8) is 0 Å². The molecule has 0 amide bonds. The van der Waals surface area contributed by atoms with Crippen LogP contribution in [0.5, 0.6) is 5.75 Å². The van der Waals surface area contributed by atoms with Gasteiger partial charge in [-0.15, -0.1) is 0 Å². The minimum Gasteiger partial charge on any atom is -0.508 e. The van der Waals surface area contributed by atoms with Gasteiger partial charge >= 0.3 is 0 Å². The maximum atomic E-state index is 9.71. The fourth-order valence-corrected chi connectivity index (χ4v) is 3.64. The van der Waals surface area contributed by atoms with Gasteiger partial charge in [-0.2, -0.15) is 0 Å². The molecule has 0 radical (unpaired) electrons. The highest BCUT2D eigenvalue weighted by molar-refractivity contribution is 14.1. The Morgan fingerprint density at radius 2 is 1.77 bits per heavy atom. The van der Waals surface area contributed by atoms with Crippen molar-refractivity contribution in [2.45, 2.75) is 24.6 Å². The first-order valence-corrected chi connectivity index (χ1v) is 8.73. The molecule has 0 spiro atoms. The van der Waals surface area contributed by atoms with E-state index in [0.29, 0.717) is 0 Å². The number of imidazole rings is 1. The molecular formula is C17H18IN2O2+. The number of phenols is 1. The molecule has 4 nitrogen and oxygen atoms in total. The van der Waals surface area contributed by atoms with Gasteiger partial charge in [-0.25, -0.2) is 9.13 Å². The molecule has 3 rings (SSSR count). The molecule has 0 aliphatic heterocycles. The highest BCUT2D eigenvalue weighted by Crippen LogP contribution is 2.26. The van der Waals surface area contributed by atoms with E-state index >= 15 is 0 Å². The van der Waals surface area contributed by atoms with E-state index in [1.165, 1.54) is 0 Å². The fourth-order valence-electron chi connectivity index (χ4n) is 2.88. The van der Waals surface area contributed by atoms with Crippen molar-refractivity contribution in [1.29, 1.82) is 0 Å². The Morgan fingerprint density at radius 1 is 1.09 bits per heavy atom. The topological polar surface area (TPSA) is 49.3 Å². The summed E-state index contributed by atoms with van der Waals surface area (Å²) in [7, 11) is 0. The number of nitrogens with zero attached hydrogens (tertiary/aromatic N) is 2. The number of alkyl halides is 1. The number of benzene rings is 2. The van der Waals surface area contributed by atoms with Gasteiger partial charge in [-0.05, 0) is 71.0 Å². The van der Waals surface area contributed by atoms with Crippen LogP contribution in [0.3, 0.4) is 0 Å². The molecule has 1 aromatic heterocycles. The second-order valence-corrected chi connectivity index (χ2v) is 5.80. The highest BCUT2D eigenvalue weighted by atomic mass is 127. The van der Waals surface area contributed by atoms with Crippen LogP contribution in [0.2, 0.25) is 0 Å². The first-order valence-electron chi connectivity index (χ1n) is 7.20. The van der Waals surface area contributed by atoms with Crippen LogP contribution in [0.25, 0.3) is 22.2 Å². The van der Waals surface area contributed by atoms with Gasteiger partial charge in [0.1, 0.15) is 16.9 Å². The molecule has 0 saturated carbocycles. The molecule has 114 valence electrons. The third kappa shape index (κ3) is 2.48. The summed E-state index contributed by atoms with van der Waals surface area (Å²) in [5, 5.41) is 19.1. The van der Waals surface area contributed by atoms with Gasteiger partial charge in [0.15, 0.2) is 11.0 Å². The normalized spacial score (nSPS) is 11.2. The summed E-state index contributed by atoms with van der Waals surface area (Å²) < 4.78 is 5.08. The molecule has 0 saturated heterocycles. The van der Waals surface area contributed by atoms with Crippen LogP contribution in [-0.4, -0.2) is 14.8 Å². The summed E-state index contributed by atoms with van der Waals surface area (Å²) in [4.78, 5) is 0. The fraction of sp³-hybridized carbons (Fsp3) is 0.235. The minimum atomic E-state index is 0.0278. The minimum absolute atomic E-state index is 0.0278. The molecule has 0 aliphatic carbocycles. The van der Waals surface area contributed by atoms with Gasteiger partial charge in [-0.3, -0.25) is 0 Å². The molecule has 2 N–H and O–H groups in total. The number of rotatable bonds is 4. The Labute approximate surface area is 142 Å². The van der Waals surface area contributed by atoms with Crippen LogP contribution in [-0.2, 0) is 17.7 Å². The Hall–Kier alpha value is -1.60. The van der Waals surface area contributed by atoms with Gasteiger partial charge in [0.2, 0.25) is 0 Å². The van der Waals surface area contributed by atoms with Crippen molar-refractivity contribution in [3.8, 4) is 16.9 Å². The van der Waals surface area contributed by atoms with E-state index in [9.17, 15) is 10.2 Å². The summed E-state index contributed by atoms with van der Waals surface area (Å²) in [6.45, 7) is 2.94. The number of hydrogen-bond acceptors (Lipinski definition) is 2. The number of aliphatic hydroxyl groups is 1. The van der Waals surface area contributed by atoms with Gasteiger partial charge in [0.25, 0.3) is 5.82 Å². The predicted octanol–water partition coefficient (Wildman–Crippen LogP) is 3.21. The van der Waals surface area contributed by atoms with Crippen molar-refractivity contribution in [2.75, 3.05) is 0 Å². The number of fused-ring (bicyclic) bond motifs is 1. The second-order valence-electron chi connectivity index (χ2n) is 5.12. The maximum absolute atomic E-state index is 9.71. The number of halogens is 1. The monoisotopic (exact) mass is 409 g/mol. The van der Waals surface area contributed by atoms with Crippen LogP contribution < -0.4 is 4.57 Å². The Kier molecular flexibility index (Phi) is 4.35. The van der Waals surface area contributed by atoms with E-state index in [2.05, 4.69) is 56.8 Å². The molecule has 0 atom stereocenters. The lowest BCUT2D eigenvalue weighted by Gasteiger charge is -2.02. The van der Waals surface area contributed by atoms with Crippen LogP contribution in [0.1, 0.15) is 12.7 Å². The molecule has 22 heavy (non-hydrogen) atoms. The SMILES string of the molecule is CC[n+]1c(CO)n(CI)c2cc(-c3ccc(O)cc3)ccc21. The third-order valence-electron chi connectivity index (χ3n) is 3.96. The van der Waals surface area contributed by atoms with Gasteiger partial charge < -0.3 is 10.2 Å². The molecule has 3 aromatic rings. The van der Waals surface area contributed by atoms with E-state index in [1.807, 2.05) is 12.1 Å². The number of aryl methyl sites for hydroxylation is 1. The summed E-state index contributed by atoms with van der Waals surface area (Å²) in [5.41, 5.74) is 4.41. The van der Waals surface area contributed by atoms with Crippen molar-refractivity contribution < 1.29 is 14.8 Å². The summed E-state index contributed by atoms with van der Waals surface area (Å²) in [5.74, 6) is 1.20. The summed E-state index contributed by atoms with van der Waals surface area (Å²) in [6, 6.07) is 13.5. The van der Waals surface area contributed by atoms with Crippen LogP contribution >= 0.6 is 22.6 Å². The molecule has 1 heterocycles. The molecule has 2 aromatic carbocycles. The second kappa shape index (κ2) is 6.26. The Morgan fingerprint density at radius 3 is 2.36 bits per heavy atom. The van der Waals surface area contributed by atoms with Gasteiger partial charge in [-0.1, -0.05) is 12.1 Å². The lowest BCUT2D eigenvalue weighted by molar-refractivity contribution is -0.678. The smallest absolute Gasteiger partial charge is 0.284 e. The zero-order chi connectivity index (χ0) is 15.7. The number of aromatic nitrogens is 2. The Bertz CT molecular complexity index is 810. The largest absolute Gasteiger partial charge is 0.508 e. The van der Waals surface area contributed by atoms with Crippen molar-refractivity contribution in [1.82, 2.24) is 4.57 Å². The number of phenolic OH excluding ortho intramolecular Hbond substituents is 1. The molecule has 0 bridgehead atoms. The third-order valence-corrected chi connectivity index (χ3v) is 4.64. The highest BCUT2D eigenvalue weighted by Gasteiger charge is 2.22. The Balaban J connectivity index is 2.23. The maximum Gasteiger partial charge on any atom is 0.284 e. The molecule has 0 unspecified atom stereocenters. The van der Waals surface area contributed by atoms with Crippen LogP contribution in [0.15, 0.2) is 42.5 Å². The molecular weight excluding hydrogens is 391 g/mol. The van der Waals surface area contributed by atoms with Gasteiger partial charge in [0.05, 0.1) is 6.54 Å². The van der Waals surface area contributed by atoms with E-state index in [4.69, 9.17) is 0 Å². The molecule has 0 fully saturated rings. The lowest BCUT2D eigenvalue weighted by atomic mass is 10.0. The zero-order valence-electron chi connectivity index (χ0n) is 12.3. The van der Waals surface area contributed by atoms with Crippen molar-refractivity contribution >= 4 is 33.6 Å². The quantitative estimate of drug-likeness (QED) is 0.395. The van der Waals surface area contributed by atoms with Crippen LogP contribution in [0.4, 0.5) is 0 Å². The predicted molar refractivity (Wildman–Crippen MR) is 94.9 cm³/mol. The van der Waals surface area contributed by atoms with E-state index in [-0.39, 0.29) is 12.4 Å². The zero-order valence-corrected chi connectivity index (χ0v) is 14.5. The standard InChI is InChI=1S/C17H17IN2O2/c1-2-19-15-8-5-13(12-3-6-14(22)7-4-12)9-16(15)20(11-18)17(19)10-21/h3-9,21H,2,10-11H2,1H3/p+1. The average Bonchev–Trinajstić information content (AvgIpc) is 2.87. The molecule has 5 heteroatoms. The van der Waals surface area contributed by atoms with Crippen molar-refractivity contribution in [3.05, 3.63) is 48.3 Å². The molecule has 0 aliphatic rings. The van der Waals surface area contributed by atoms with E-state index < -0.39 is 0 Å². The number of hydrogen-bond donors (Lipinski definition) is 2. The summed E-state index contributed by atoms with van der Waals surface area (Å²) in [6.07, 6.45) is 0. The van der Waals surface area contributed by atoms with Crippen LogP contribution in [0, 0.1) is 0 Å². The first-order chi connectivity index (χ1) is 10.7.